The fourth-order valence-electron chi connectivity index (χ4n) is 4.66. The van der Waals surface area contributed by atoms with Crippen molar-refractivity contribution in [1.29, 1.82) is 0 Å². The van der Waals surface area contributed by atoms with E-state index in [1.807, 2.05) is 13.8 Å². The summed E-state index contributed by atoms with van der Waals surface area (Å²) in [6.07, 6.45) is 5.46. The first-order chi connectivity index (χ1) is 20.7. The van der Waals surface area contributed by atoms with Crippen LogP contribution in [0, 0.1) is 0 Å². The van der Waals surface area contributed by atoms with Crippen LogP contribution in [0.2, 0.25) is 0 Å². The van der Waals surface area contributed by atoms with E-state index < -0.39 is 21.8 Å². The second-order valence-electron chi connectivity index (χ2n) is 9.76. The minimum absolute atomic E-state index is 0.0669. The standard InChI is InChI=1S/C27H37N9O6S/c1-4-7-21-23(24(25(28)37)33-36(21)18-22-29-8-6-9-30-22)32-26(38)20-16-19(17-31-27(20)42-15-14-41-3)43(39,40)35-12-10-34(5-2)11-13-35/h6,8-9,16-17H,4-5,7,10-15,18H2,1-3H3,(H2,28,37)(H,32,38). The summed E-state index contributed by atoms with van der Waals surface area (Å²) in [4.78, 5) is 40.9. The van der Waals surface area contributed by atoms with Crippen molar-refractivity contribution in [3.8, 4) is 5.88 Å². The van der Waals surface area contributed by atoms with Gasteiger partial charge in [-0.3, -0.25) is 14.3 Å². The van der Waals surface area contributed by atoms with E-state index in [4.69, 9.17) is 15.2 Å². The molecule has 1 aliphatic heterocycles. The number of ether oxygens (including phenoxy) is 2. The Bertz CT molecular complexity index is 1520. The van der Waals surface area contributed by atoms with Gasteiger partial charge in [-0.1, -0.05) is 20.3 Å². The van der Waals surface area contributed by atoms with Crippen LogP contribution in [0.1, 0.15) is 52.6 Å². The van der Waals surface area contributed by atoms with Gasteiger partial charge in [0.25, 0.3) is 11.8 Å². The monoisotopic (exact) mass is 615 g/mol. The number of pyridine rings is 1. The largest absolute Gasteiger partial charge is 0.475 e. The number of carbonyl (C=O) groups excluding carboxylic acids is 2. The van der Waals surface area contributed by atoms with Gasteiger partial charge in [0.15, 0.2) is 5.69 Å². The van der Waals surface area contributed by atoms with Crippen molar-refractivity contribution in [3.05, 3.63) is 53.5 Å². The molecule has 1 saturated heterocycles. The first kappa shape index (κ1) is 31.9. The first-order valence-corrected chi connectivity index (χ1v) is 15.4. The van der Waals surface area contributed by atoms with Gasteiger partial charge in [0.05, 0.1) is 24.2 Å². The van der Waals surface area contributed by atoms with Crippen LogP contribution in [-0.2, 0) is 27.7 Å². The summed E-state index contributed by atoms with van der Waals surface area (Å²) in [5, 5.41) is 7.10. The van der Waals surface area contributed by atoms with Gasteiger partial charge < -0.3 is 25.4 Å². The Labute approximate surface area is 250 Å². The molecule has 0 aromatic carbocycles. The van der Waals surface area contributed by atoms with Crippen LogP contribution < -0.4 is 15.8 Å². The molecule has 3 aromatic heterocycles. The number of nitrogens with one attached hydrogen (secondary N) is 1. The molecule has 232 valence electrons. The molecule has 0 unspecified atom stereocenters. The van der Waals surface area contributed by atoms with Crippen molar-refractivity contribution in [1.82, 2.24) is 33.9 Å². The lowest BCUT2D eigenvalue weighted by molar-refractivity contribution is 0.0995. The Morgan fingerprint density at radius 2 is 1.79 bits per heavy atom. The fraction of sp³-hybridized carbons (Fsp3) is 0.481. The number of nitrogens with zero attached hydrogens (tertiary/aromatic N) is 7. The SMILES string of the molecule is CCCc1c(NC(=O)c2cc(S(=O)(=O)N3CCN(CC)CC3)cnc2OCCOC)c(C(N)=O)nn1Cc1ncccn1. The summed E-state index contributed by atoms with van der Waals surface area (Å²) in [6, 6.07) is 2.91. The number of amides is 2. The number of methoxy groups -OCH3 is 1. The summed E-state index contributed by atoms with van der Waals surface area (Å²) in [5.74, 6) is -1.24. The highest BCUT2D eigenvalue weighted by Gasteiger charge is 2.31. The highest BCUT2D eigenvalue weighted by Crippen LogP contribution is 2.28. The van der Waals surface area contributed by atoms with Gasteiger partial charge in [0.2, 0.25) is 15.9 Å². The van der Waals surface area contributed by atoms with E-state index >= 15 is 0 Å². The lowest BCUT2D eigenvalue weighted by Gasteiger charge is -2.33. The zero-order valence-electron chi connectivity index (χ0n) is 24.5. The number of likely N-dealkylation sites (N-methyl/N-ethyl adjacent to an activating group) is 1. The Kier molecular flexibility index (Phi) is 10.7. The number of aromatic nitrogens is 5. The molecule has 2 amide bonds. The summed E-state index contributed by atoms with van der Waals surface area (Å²) >= 11 is 0. The summed E-state index contributed by atoms with van der Waals surface area (Å²) in [6.45, 7) is 7.04. The lowest BCUT2D eigenvalue weighted by Crippen LogP contribution is -2.48. The van der Waals surface area contributed by atoms with E-state index in [9.17, 15) is 18.0 Å². The topological polar surface area (TPSA) is 188 Å². The van der Waals surface area contributed by atoms with Gasteiger partial charge >= 0.3 is 0 Å². The molecule has 3 N–H and O–H groups in total. The van der Waals surface area contributed by atoms with Gasteiger partial charge in [0.1, 0.15) is 29.4 Å². The average Bonchev–Trinajstić information content (AvgIpc) is 3.34. The molecule has 43 heavy (non-hydrogen) atoms. The number of rotatable bonds is 14. The zero-order chi connectivity index (χ0) is 31.0. The molecule has 1 fully saturated rings. The maximum atomic E-state index is 13.8. The number of hydrogen-bond acceptors (Lipinski definition) is 11. The van der Waals surface area contributed by atoms with Crippen LogP contribution in [-0.4, -0.2) is 107 Å². The number of hydrogen-bond donors (Lipinski definition) is 2. The molecule has 4 rings (SSSR count). The Hall–Kier alpha value is -3.99. The number of carbonyl (C=O) groups is 2. The molecule has 15 nitrogen and oxygen atoms in total. The average molecular weight is 616 g/mol. The van der Waals surface area contributed by atoms with E-state index in [1.165, 1.54) is 28.4 Å². The molecular formula is C27H37N9O6S. The molecule has 0 spiro atoms. The minimum Gasteiger partial charge on any atom is -0.475 e. The van der Waals surface area contributed by atoms with E-state index in [2.05, 4.69) is 30.3 Å². The molecular weight excluding hydrogens is 578 g/mol. The maximum absolute atomic E-state index is 13.8. The lowest BCUT2D eigenvalue weighted by atomic mass is 10.1. The highest BCUT2D eigenvalue weighted by atomic mass is 32.2. The molecule has 0 aliphatic carbocycles. The van der Waals surface area contributed by atoms with E-state index in [1.54, 1.807) is 18.5 Å². The second kappa shape index (κ2) is 14.5. The quantitative estimate of drug-likeness (QED) is 0.244. The van der Waals surface area contributed by atoms with Crippen LogP contribution in [0.15, 0.2) is 35.6 Å². The minimum atomic E-state index is -3.95. The number of piperazine rings is 1. The van der Waals surface area contributed by atoms with Crippen molar-refractivity contribution >= 4 is 27.5 Å². The van der Waals surface area contributed by atoms with E-state index in [0.29, 0.717) is 50.5 Å². The molecule has 0 saturated carbocycles. The molecule has 0 radical (unpaired) electrons. The first-order valence-electron chi connectivity index (χ1n) is 14.0. The third-order valence-corrected chi connectivity index (χ3v) is 8.80. The Balaban J connectivity index is 1.71. The van der Waals surface area contributed by atoms with Gasteiger partial charge in [0, 0.05) is 45.7 Å². The van der Waals surface area contributed by atoms with Crippen LogP contribution >= 0.6 is 0 Å². The molecule has 16 heteroatoms. The van der Waals surface area contributed by atoms with Crippen molar-refractivity contribution in [2.75, 3.05) is 58.4 Å². The van der Waals surface area contributed by atoms with Gasteiger partial charge in [-0.05, 0) is 25.1 Å². The molecule has 0 bridgehead atoms. The van der Waals surface area contributed by atoms with Gasteiger partial charge in [-0.25, -0.2) is 23.4 Å². The number of primary amides is 1. The van der Waals surface area contributed by atoms with Crippen molar-refractivity contribution < 1.29 is 27.5 Å². The summed E-state index contributed by atoms with van der Waals surface area (Å²) in [5.41, 5.74) is 6.01. The Morgan fingerprint density at radius 3 is 2.42 bits per heavy atom. The van der Waals surface area contributed by atoms with E-state index in [0.717, 1.165) is 6.54 Å². The summed E-state index contributed by atoms with van der Waals surface area (Å²) < 4.78 is 40.7. The normalized spacial score (nSPS) is 14.5. The molecule has 3 aromatic rings. The fourth-order valence-corrected chi connectivity index (χ4v) is 6.05. The van der Waals surface area contributed by atoms with Crippen LogP contribution in [0.4, 0.5) is 5.69 Å². The smallest absolute Gasteiger partial charge is 0.271 e. The zero-order valence-corrected chi connectivity index (χ0v) is 25.3. The second-order valence-corrected chi connectivity index (χ2v) is 11.7. The van der Waals surface area contributed by atoms with Gasteiger partial charge in [-0.15, -0.1) is 0 Å². The van der Waals surface area contributed by atoms with Crippen LogP contribution in [0.3, 0.4) is 0 Å². The van der Waals surface area contributed by atoms with Crippen LogP contribution in [0.5, 0.6) is 5.88 Å². The third-order valence-electron chi connectivity index (χ3n) is 6.94. The number of nitrogens with two attached hydrogens (primary N) is 1. The Morgan fingerprint density at radius 1 is 1.07 bits per heavy atom. The molecule has 4 heterocycles. The third kappa shape index (κ3) is 7.51. The number of sulfonamides is 1. The summed E-state index contributed by atoms with van der Waals surface area (Å²) in [7, 11) is -2.46. The van der Waals surface area contributed by atoms with Crippen molar-refractivity contribution in [2.45, 2.75) is 38.1 Å². The maximum Gasteiger partial charge on any atom is 0.271 e. The van der Waals surface area contributed by atoms with E-state index in [-0.39, 0.29) is 47.5 Å². The van der Waals surface area contributed by atoms with Gasteiger partial charge in [-0.2, -0.15) is 9.40 Å². The predicted octanol–water partition coefficient (Wildman–Crippen LogP) is 0.772. The number of anilines is 1. The van der Waals surface area contributed by atoms with Crippen LogP contribution in [0.25, 0.3) is 0 Å². The highest BCUT2D eigenvalue weighted by molar-refractivity contribution is 7.89. The van der Waals surface area contributed by atoms with Crippen molar-refractivity contribution in [2.24, 2.45) is 5.73 Å². The van der Waals surface area contributed by atoms with Crippen molar-refractivity contribution in [3.63, 3.8) is 0 Å². The molecule has 1 aliphatic rings. The predicted molar refractivity (Wildman–Crippen MR) is 156 cm³/mol. The molecule has 0 atom stereocenters.